The first kappa shape index (κ1) is 14.0. The molecule has 1 atom stereocenters. The van der Waals surface area contributed by atoms with E-state index >= 15 is 0 Å². The van der Waals surface area contributed by atoms with Crippen LogP contribution in [0.3, 0.4) is 0 Å². The van der Waals surface area contributed by atoms with Gasteiger partial charge in [0.2, 0.25) is 0 Å². The fourth-order valence-corrected chi connectivity index (χ4v) is 1.95. The number of hydrogen-bond donors (Lipinski definition) is 2. The van der Waals surface area contributed by atoms with E-state index < -0.39 is 0 Å². The second-order valence-electron chi connectivity index (χ2n) is 4.64. The highest BCUT2D eigenvalue weighted by Gasteiger charge is 2.07. The van der Waals surface area contributed by atoms with Crippen molar-refractivity contribution in [3.63, 3.8) is 0 Å². The Hall–Kier alpha value is -1.09. The normalized spacial score (nSPS) is 12.6. The van der Waals surface area contributed by atoms with E-state index in [1.807, 2.05) is 0 Å². The summed E-state index contributed by atoms with van der Waals surface area (Å²) in [5, 5.41) is 9.90. The number of nitrogens with zero attached hydrogens (tertiary/aromatic N) is 1. The number of aliphatic hydroxyl groups is 1. The van der Waals surface area contributed by atoms with Crippen molar-refractivity contribution >= 4 is 5.69 Å². The standard InChI is InChI=1S/C14H24N2O/c1-2-3-4-5-6-7-13(17)10-12-11-16-9-8-14(12)15/h8-9,11,13,17H,2-7,10H2,1H3,(H2,15,16). The van der Waals surface area contributed by atoms with E-state index in [0.717, 1.165) is 24.1 Å². The molecule has 3 heteroatoms. The summed E-state index contributed by atoms with van der Waals surface area (Å²) in [5.74, 6) is 0. The SMILES string of the molecule is CCCCCCCC(O)Cc1cnccc1N. The van der Waals surface area contributed by atoms with Gasteiger partial charge in [-0.05, 0) is 18.1 Å². The lowest BCUT2D eigenvalue weighted by Gasteiger charge is -2.11. The van der Waals surface area contributed by atoms with Crippen LogP contribution in [0, 0.1) is 0 Å². The van der Waals surface area contributed by atoms with Crippen molar-refractivity contribution in [1.82, 2.24) is 4.98 Å². The maximum Gasteiger partial charge on any atom is 0.0581 e. The zero-order valence-electron chi connectivity index (χ0n) is 10.7. The summed E-state index contributed by atoms with van der Waals surface area (Å²) in [4.78, 5) is 4.03. The first-order valence-electron chi connectivity index (χ1n) is 6.60. The summed E-state index contributed by atoms with van der Waals surface area (Å²) in [6.45, 7) is 2.21. The van der Waals surface area contributed by atoms with E-state index in [1.54, 1.807) is 18.5 Å². The lowest BCUT2D eigenvalue weighted by molar-refractivity contribution is 0.161. The number of pyridine rings is 1. The number of aromatic nitrogens is 1. The molecular formula is C14H24N2O. The minimum Gasteiger partial charge on any atom is -0.398 e. The van der Waals surface area contributed by atoms with Gasteiger partial charge < -0.3 is 10.8 Å². The molecule has 0 aliphatic heterocycles. The molecule has 0 aliphatic carbocycles. The predicted octanol–water partition coefficient (Wildman–Crippen LogP) is 2.93. The number of unbranched alkanes of at least 4 members (excludes halogenated alkanes) is 4. The molecule has 0 aromatic carbocycles. The van der Waals surface area contributed by atoms with Crippen molar-refractivity contribution in [2.45, 2.75) is 58.0 Å². The van der Waals surface area contributed by atoms with Gasteiger partial charge >= 0.3 is 0 Å². The highest BCUT2D eigenvalue weighted by atomic mass is 16.3. The Balaban J connectivity index is 2.21. The number of rotatable bonds is 8. The van der Waals surface area contributed by atoms with Gasteiger partial charge in [-0.25, -0.2) is 0 Å². The lowest BCUT2D eigenvalue weighted by Crippen LogP contribution is -2.11. The molecule has 0 spiro atoms. The first-order valence-corrected chi connectivity index (χ1v) is 6.60. The summed E-state index contributed by atoms with van der Waals surface area (Å²) in [5.41, 5.74) is 7.49. The fraction of sp³-hybridized carbons (Fsp3) is 0.643. The van der Waals surface area contributed by atoms with E-state index in [2.05, 4.69) is 11.9 Å². The third-order valence-corrected chi connectivity index (χ3v) is 3.04. The molecule has 1 aromatic heterocycles. The van der Waals surface area contributed by atoms with Crippen molar-refractivity contribution in [2.24, 2.45) is 0 Å². The monoisotopic (exact) mass is 236 g/mol. The van der Waals surface area contributed by atoms with Crippen LogP contribution in [-0.2, 0) is 6.42 Å². The van der Waals surface area contributed by atoms with Crippen LogP contribution in [-0.4, -0.2) is 16.2 Å². The Kier molecular flexibility index (Phi) is 6.63. The van der Waals surface area contributed by atoms with Crippen LogP contribution in [0.25, 0.3) is 0 Å². The molecule has 0 saturated carbocycles. The maximum absolute atomic E-state index is 9.90. The molecule has 17 heavy (non-hydrogen) atoms. The van der Waals surface area contributed by atoms with Crippen LogP contribution >= 0.6 is 0 Å². The quantitative estimate of drug-likeness (QED) is 0.682. The Labute approximate surface area is 104 Å². The van der Waals surface area contributed by atoms with Crippen molar-refractivity contribution in [2.75, 3.05) is 5.73 Å². The summed E-state index contributed by atoms with van der Waals surface area (Å²) in [7, 11) is 0. The third-order valence-electron chi connectivity index (χ3n) is 3.04. The fourth-order valence-electron chi connectivity index (χ4n) is 1.95. The van der Waals surface area contributed by atoms with Gasteiger partial charge in [0.15, 0.2) is 0 Å². The van der Waals surface area contributed by atoms with Crippen molar-refractivity contribution in [3.05, 3.63) is 24.0 Å². The summed E-state index contributed by atoms with van der Waals surface area (Å²) in [6, 6.07) is 1.78. The molecule has 0 amide bonds. The van der Waals surface area contributed by atoms with E-state index in [-0.39, 0.29) is 6.10 Å². The molecule has 0 bridgehead atoms. The van der Waals surface area contributed by atoms with Crippen molar-refractivity contribution < 1.29 is 5.11 Å². The third kappa shape index (κ3) is 5.68. The van der Waals surface area contributed by atoms with Crippen molar-refractivity contribution in [3.8, 4) is 0 Å². The second kappa shape index (κ2) is 8.07. The summed E-state index contributed by atoms with van der Waals surface area (Å²) >= 11 is 0. The van der Waals surface area contributed by atoms with E-state index in [1.165, 1.54) is 25.7 Å². The molecular weight excluding hydrogens is 212 g/mol. The maximum atomic E-state index is 9.90. The number of hydrogen-bond acceptors (Lipinski definition) is 3. The van der Waals surface area contributed by atoms with Crippen LogP contribution < -0.4 is 5.73 Å². The molecule has 3 nitrogen and oxygen atoms in total. The minimum absolute atomic E-state index is 0.289. The Morgan fingerprint density at radius 3 is 2.76 bits per heavy atom. The van der Waals surface area contributed by atoms with Gasteiger partial charge in [-0.3, -0.25) is 4.98 Å². The van der Waals surface area contributed by atoms with Gasteiger partial charge in [0.05, 0.1) is 6.10 Å². The van der Waals surface area contributed by atoms with Gasteiger partial charge in [0.25, 0.3) is 0 Å². The average Bonchev–Trinajstić information content (AvgIpc) is 2.32. The molecule has 1 heterocycles. The number of nitrogen functional groups attached to an aromatic ring is 1. The topological polar surface area (TPSA) is 59.1 Å². The van der Waals surface area contributed by atoms with Gasteiger partial charge in [-0.2, -0.15) is 0 Å². The summed E-state index contributed by atoms with van der Waals surface area (Å²) < 4.78 is 0. The van der Waals surface area contributed by atoms with Crippen LogP contribution in [0.4, 0.5) is 5.69 Å². The molecule has 0 radical (unpaired) electrons. The molecule has 0 saturated heterocycles. The molecule has 0 aliphatic rings. The van der Waals surface area contributed by atoms with Crippen molar-refractivity contribution in [1.29, 1.82) is 0 Å². The lowest BCUT2D eigenvalue weighted by atomic mass is 10.0. The zero-order chi connectivity index (χ0) is 12.5. The molecule has 1 aromatic rings. The number of nitrogens with two attached hydrogens (primary N) is 1. The highest BCUT2D eigenvalue weighted by molar-refractivity contribution is 5.44. The van der Waals surface area contributed by atoms with Crippen LogP contribution in [0.2, 0.25) is 0 Å². The summed E-state index contributed by atoms with van der Waals surface area (Å²) in [6.07, 6.45) is 10.8. The smallest absolute Gasteiger partial charge is 0.0581 e. The minimum atomic E-state index is -0.289. The van der Waals surface area contributed by atoms with E-state index in [4.69, 9.17) is 5.73 Å². The van der Waals surface area contributed by atoms with E-state index in [9.17, 15) is 5.11 Å². The molecule has 1 rings (SSSR count). The second-order valence-corrected chi connectivity index (χ2v) is 4.64. The van der Waals surface area contributed by atoms with Gasteiger partial charge in [0.1, 0.15) is 0 Å². The number of anilines is 1. The Bertz CT molecular complexity index is 315. The van der Waals surface area contributed by atoms with Gasteiger partial charge in [0, 0.05) is 24.5 Å². The van der Waals surface area contributed by atoms with E-state index in [0.29, 0.717) is 6.42 Å². The van der Waals surface area contributed by atoms with Gasteiger partial charge in [-0.15, -0.1) is 0 Å². The first-order chi connectivity index (χ1) is 8.24. The number of aliphatic hydroxyl groups excluding tert-OH is 1. The zero-order valence-corrected chi connectivity index (χ0v) is 10.7. The largest absolute Gasteiger partial charge is 0.398 e. The molecule has 3 N–H and O–H groups in total. The van der Waals surface area contributed by atoms with Crippen LogP contribution in [0.5, 0.6) is 0 Å². The molecule has 96 valence electrons. The van der Waals surface area contributed by atoms with Crippen LogP contribution in [0.1, 0.15) is 51.0 Å². The van der Waals surface area contributed by atoms with Gasteiger partial charge in [-0.1, -0.05) is 39.0 Å². The molecule has 0 fully saturated rings. The Morgan fingerprint density at radius 1 is 1.29 bits per heavy atom. The average molecular weight is 236 g/mol. The highest BCUT2D eigenvalue weighted by Crippen LogP contribution is 2.15. The molecule has 1 unspecified atom stereocenters. The Morgan fingerprint density at radius 2 is 2.06 bits per heavy atom. The predicted molar refractivity (Wildman–Crippen MR) is 71.7 cm³/mol. The van der Waals surface area contributed by atoms with Crippen LogP contribution in [0.15, 0.2) is 18.5 Å².